The Labute approximate surface area is 176 Å². The van der Waals surface area contributed by atoms with Crippen LogP contribution in [0.5, 0.6) is 0 Å². The standard InChI is InChI=1S/C25H42O4/c1-14(5-8-22(28)29)18-6-7-19-23-15(2)11-16-12-17(26)9-10-24(16,3)20(23)13-21(27)25(18,19)4/h14-21,23,26-27H,5-13H2,1-4H3,(H,28,29)/t14-,15?,16-,17-,18?,19+,20+,21+,23+,24+,25-/m1/s1. The molecule has 0 aromatic heterocycles. The molecule has 0 aromatic rings. The third kappa shape index (κ3) is 3.28. The summed E-state index contributed by atoms with van der Waals surface area (Å²) in [5.41, 5.74) is 0.177. The average Bonchev–Trinajstić information content (AvgIpc) is 3.01. The molecule has 0 saturated heterocycles. The second-order valence-electron chi connectivity index (χ2n) is 11.8. The van der Waals surface area contributed by atoms with E-state index in [1.807, 2.05) is 0 Å². The van der Waals surface area contributed by atoms with Crippen LogP contribution >= 0.6 is 0 Å². The van der Waals surface area contributed by atoms with Crippen molar-refractivity contribution in [2.45, 2.75) is 97.7 Å². The zero-order valence-electron chi connectivity index (χ0n) is 18.8. The van der Waals surface area contributed by atoms with Crippen LogP contribution in [-0.4, -0.2) is 33.5 Å². The fraction of sp³-hybridized carbons (Fsp3) is 0.960. The molecule has 3 N–H and O–H groups in total. The van der Waals surface area contributed by atoms with Gasteiger partial charge in [0.15, 0.2) is 0 Å². The van der Waals surface area contributed by atoms with Crippen LogP contribution in [0.25, 0.3) is 0 Å². The van der Waals surface area contributed by atoms with Gasteiger partial charge in [-0.15, -0.1) is 0 Å². The van der Waals surface area contributed by atoms with Crippen LogP contribution in [-0.2, 0) is 4.79 Å². The van der Waals surface area contributed by atoms with E-state index >= 15 is 0 Å². The molecular formula is C25H42O4. The Morgan fingerprint density at radius 3 is 2.48 bits per heavy atom. The molecule has 0 spiro atoms. The number of aliphatic carboxylic acids is 1. The molecule has 4 nitrogen and oxygen atoms in total. The Bertz CT molecular complexity index is 634. The van der Waals surface area contributed by atoms with Gasteiger partial charge >= 0.3 is 5.97 Å². The Kier molecular flexibility index (Phi) is 5.60. The van der Waals surface area contributed by atoms with Gasteiger partial charge in [-0.05, 0) is 104 Å². The van der Waals surface area contributed by atoms with Gasteiger partial charge in [0, 0.05) is 6.42 Å². The van der Waals surface area contributed by atoms with Gasteiger partial charge in [-0.3, -0.25) is 4.79 Å². The van der Waals surface area contributed by atoms with Gasteiger partial charge in [0.1, 0.15) is 0 Å². The molecule has 29 heavy (non-hydrogen) atoms. The summed E-state index contributed by atoms with van der Waals surface area (Å²) in [6.45, 7) is 9.44. The quantitative estimate of drug-likeness (QED) is 0.631. The summed E-state index contributed by atoms with van der Waals surface area (Å²) < 4.78 is 0. The van der Waals surface area contributed by atoms with E-state index in [0.29, 0.717) is 41.4 Å². The van der Waals surface area contributed by atoms with E-state index in [1.54, 1.807) is 0 Å². The largest absolute Gasteiger partial charge is 0.481 e. The molecule has 0 bridgehead atoms. The van der Waals surface area contributed by atoms with Crippen LogP contribution in [0.4, 0.5) is 0 Å². The van der Waals surface area contributed by atoms with E-state index in [-0.39, 0.29) is 29.5 Å². The second kappa shape index (κ2) is 7.51. The zero-order valence-corrected chi connectivity index (χ0v) is 18.8. The summed E-state index contributed by atoms with van der Waals surface area (Å²) in [6.07, 6.45) is 7.91. The van der Waals surface area contributed by atoms with Crippen molar-refractivity contribution in [1.82, 2.24) is 0 Å². The van der Waals surface area contributed by atoms with E-state index in [0.717, 1.165) is 38.5 Å². The highest BCUT2D eigenvalue weighted by atomic mass is 16.4. The molecule has 4 fully saturated rings. The predicted octanol–water partition coefficient (Wildman–Crippen LogP) is 4.72. The van der Waals surface area contributed by atoms with Crippen LogP contribution in [0.15, 0.2) is 0 Å². The van der Waals surface area contributed by atoms with E-state index in [2.05, 4.69) is 27.7 Å². The van der Waals surface area contributed by atoms with Gasteiger partial charge in [0.25, 0.3) is 0 Å². The zero-order chi connectivity index (χ0) is 21.1. The minimum absolute atomic E-state index is 0.0786. The smallest absolute Gasteiger partial charge is 0.303 e. The van der Waals surface area contributed by atoms with Crippen molar-refractivity contribution in [3.8, 4) is 0 Å². The molecule has 0 aliphatic heterocycles. The van der Waals surface area contributed by atoms with Gasteiger partial charge in [-0.2, -0.15) is 0 Å². The molecule has 0 radical (unpaired) electrons. The molecule has 166 valence electrons. The van der Waals surface area contributed by atoms with Crippen molar-refractivity contribution in [3.63, 3.8) is 0 Å². The second-order valence-corrected chi connectivity index (χ2v) is 11.8. The molecule has 4 saturated carbocycles. The summed E-state index contributed by atoms with van der Waals surface area (Å²) in [4.78, 5) is 11.1. The fourth-order valence-corrected chi connectivity index (χ4v) is 9.10. The number of carboxylic acids is 1. The van der Waals surface area contributed by atoms with E-state index in [9.17, 15) is 15.0 Å². The van der Waals surface area contributed by atoms with Crippen LogP contribution in [0.3, 0.4) is 0 Å². The molecule has 0 aromatic carbocycles. The highest BCUT2D eigenvalue weighted by Gasteiger charge is 2.65. The first-order chi connectivity index (χ1) is 13.6. The number of carbonyl (C=O) groups is 1. The molecule has 0 amide bonds. The van der Waals surface area contributed by atoms with Crippen LogP contribution in [0, 0.1) is 52.3 Å². The lowest BCUT2D eigenvalue weighted by atomic mass is 9.42. The lowest BCUT2D eigenvalue weighted by Crippen LogP contribution is -2.60. The molecular weight excluding hydrogens is 364 g/mol. The number of aliphatic hydroxyl groups is 2. The van der Waals surface area contributed by atoms with E-state index < -0.39 is 5.97 Å². The molecule has 4 heteroatoms. The number of fused-ring (bicyclic) bond motifs is 5. The first kappa shape index (κ1) is 21.6. The fourth-order valence-electron chi connectivity index (χ4n) is 9.10. The molecule has 4 aliphatic rings. The molecule has 0 heterocycles. The maximum absolute atomic E-state index is 11.6. The molecule has 11 atom stereocenters. The Morgan fingerprint density at radius 1 is 1.07 bits per heavy atom. The third-order valence-electron chi connectivity index (χ3n) is 10.7. The summed E-state index contributed by atoms with van der Waals surface area (Å²) in [7, 11) is 0. The average molecular weight is 407 g/mol. The Balaban J connectivity index is 1.61. The van der Waals surface area contributed by atoms with Crippen molar-refractivity contribution >= 4 is 5.97 Å². The van der Waals surface area contributed by atoms with E-state index in [4.69, 9.17) is 5.11 Å². The third-order valence-corrected chi connectivity index (χ3v) is 10.7. The topological polar surface area (TPSA) is 77.8 Å². The summed E-state index contributed by atoms with van der Waals surface area (Å²) in [5.74, 6) is 3.07. The molecule has 4 rings (SSSR count). The van der Waals surface area contributed by atoms with Crippen molar-refractivity contribution in [2.24, 2.45) is 52.3 Å². The first-order valence-electron chi connectivity index (χ1n) is 12.2. The number of aliphatic hydroxyl groups excluding tert-OH is 2. The summed E-state index contributed by atoms with van der Waals surface area (Å²) >= 11 is 0. The number of rotatable bonds is 4. The number of hydrogen-bond donors (Lipinski definition) is 3. The SMILES string of the molecule is CC1C[C@@H]2C[C@H](O)CC[C@]2(C)[C@H]2C[C@H](O)[C@]3(C)C([C@H](C)CCC(=O)O)CC[C@H]3[C@H]12. The lowest BCUT2D eigenvalue weighted by Gasteiger charge is -2.64. The molecule has 2 unspecified atom stereocenters. The van der Waals surface area contributed by atoms with Crippen molar-refractivity contribution in [1.29, 1.82) is 0 Å². The maximum atomic E-state index is 11.6. The first-order valence-corrected chi connectivity index (χ1v) is 12.2. The summed E-state index contributed by atoms with van der Waals surface area (Å²) in [5, 5.41) is 31.0. The van der Waals surface area contributed by atoms with E-state index in [1.165, 1.54) is 12.8 Å². The van der Waals surface area contributed by atoms with Gasteiger partial charge in [0.2, 0.25) is 0 Å². The predicted molar refractivity (Wildman–Crippen MR) is 113 cm³/mol. The van der Waals surface area contributed by atoms with Gasteiger partial charge in [-0.1, -0.05) is 27.7 Å². The van der Waals surface area contributed by atoms with Crippen LogP contribution in [0.1, 0.15) is 85.5 Å². The van der Waals surface area contributed by atoms with Crippen molar-refractivity contribution < 1.29 is 20.1 Å². The van der Waals surface area contributed by atoms with Crippen LogP contribution in [0.2, 0.25) is 0 Å². The normalized spacial score (nSPS) is 52.9. The Morgan fingerprint density at radius 2 is 1.79 bits per heavy atom. The minimum Gasteiger partial charge on any atom is -0.481 e. The maximum Gasteiger partial charge on any atom is 0.303 e. The minimum atomic E-state index is -0.708. The van der Waals surface area contributed by atoms with Crippen molar-refractivity contribution in [3.05, 3.63) is 0 Å². The van der Waals surface area contributed by atoms with Crippen LogP contribution < -0.4 is 0 Å². The van der Waals surface area contributed by atoms with Gasteiger partial charge < -0.3 is 15.3 Å². The number of hydrogen-bond acceptors (Lipinski definition) is 3. The van der Waals surface area contributed by atoms with Gasteiger partial charge in [-0.25, -0.2) is 0 Å². The highest BCUT2D eigenvalue weighted by Crippen LogP contribution is 2.69. The summed E-state index contributed by atoms with van der Waals surface area (Å²) in [6, 6.07) is 0. The van der Waals surface area contributed by atoms with Gasteiger partial charge in [0.05, 0.1) is 12.2 Å². The highest BCUT2D eigenvalue weighted by molar-refractivity contribution is 5.66. The number of carboxylic acid groups (broad SMARTS) is 1. The Hall–Kier alpha value is -0.610. The van der Waals surface area contributed by atoms with Crippen molar-refractivity contribution in [2.75, 3.05) is 0 Å². The lowest BCUT2D eigenvalue weighted by molar-refractivity contribution is -0.190. The molecule has 4 aliphatic carbocycles. The monoisotopic (exact) mass is 406 g/mol.